The molecule has 10 heteroatoms. The van der Waals surface area contributed by atoms with Crippen LogP contribution in [0.1, 0.15) is 66.7 Å². The molecule has 2 aliphatic rings. The molecule has 1 fully saturated rings. The van der Waals surface area contributed by atoms with E-state index in [4.69, 9.17) is 23.2 Å². The van der Waals surface area contributed by atoms with Crippen molar-refractivity contribution in [1.82, 2.24) is 20.8 Å². The first-order valence-corrected chi connectivity index (χ1v) is 10.6. The second-order valence-electron chi connectivity index (χ2n) is 8.74. The van der Waals surface area contributed by atoms with Gasteiger partial charge >= 0.3 is 0 Å². The van der Waals surface area contributed by atoms with Crippen LogP contribution in [0.3, 0.4) is 0 Å². The first-order valence-electron chi connectivity index (χ1n) is 9.82. The van der Waals surface area contributed by atoms with Gasteiger partial charge < -0.3 is 0 Å². The number of halogens is 2. The first-order chi connectivity index (χ1) is 15.0. The maximum atomic E-state index is 13.6. The molecule has 0 radical (unpaired) electrons. The van der Waals surface area contributed by atoms with E-state index in [-0.39, 0.29) is 22.0 Å². The van der Waals surface area contributed by atoms with E-state index >= 15 is 0 Å². The van der Waals surface area contributed by atoms with Gasteiger partial charge in [-0.25, -0.2) is 9.97 Å². The zero-order chi connectivity index (χ0) is 23.5. The lowest BCUT2D eigenvalue weighted by molar-refractivity contribution is -0.131. The van der Waals surface area contributed by atoms with Gasteiger partial charge in [-0.3, -0.25) is 20.4 Å². The number of hydrogen-bond acceptors (Lipinski definition) is 6. The van der Waals surface area contributed by atoms with Crippen LogP contribution in [0.5, 0.6) is 0 Å². The Labute approximate surface area is 194 Å². The van der Waals surface area contributed by atoms with Crippen LogP contribution in [0, 0.1) is 28.1 Å². The zero-order valence-corrected chi connectivity index (χ0v) is 19.0. The smallest absolute Gasteiger partial charge is 0.271 e. The quantitative estimate of drug-likeness (QED) is 0.649. The molecule has 2 atom stereocenters. The number of aromatic nitrogens is 2. The summed E-state index contributed by atoms with van der Waals surface area (Å²) in [5.41, 5.74) is 3.52. The lowest BCUT2D eigenvalue weighted by Gasteiger charge is -2.39. The summed E-state index contributed by atoms with van der Waals surface area (Å²) >= 11 is 12.0. The van der Waals surface area contributed by atoms with Crippen LogP contribution in [0.4, 0.5) is 0 Å². The van der Waals surface area contributed by atoms with Crippen molar-refractivity contribution in [2.45, 2.75) is 44.4 Å². The molecule has 8 nitrogen and oxygen atoms in total. The minimum absolute atomic E-state index is 0.0583. The van der Waals surface area contributed by atoms with E-state index in [1.54, 1.807) is 0 Å². The molecule has 2 aromatic rings. The second kappa shape index (κ2) is 7.16. The number of nitrogens with one attached hydrogen (secondary N) is 2. The Morgan fingerprint density at radius 3 is 2.22 bits per heavy atom. The Morgan fingerprint density at radius 2 is 1.62 bits per heavy atom. The van der Waals surface area contributed by atoms with Gasteiger partial charge in [0.15, 0.2) is 11.4 Å². The summed E-state index contributed by atoms with van der Waals surface area (Å²) in [5, 5.41) is 19.3. The standard InChI is InChI=1S/C22H18Cl2N6O2/c1-20(2)21(3)6-7-22(20,17-16(21)27-14(9-25)15(10-26)28-17)19(32)30-29-18(31)12-5-4-11(23)8-13(12)24/h4-5,8H,6-7H2,1-3H3,(H,29,31)(H,30,32). The predicted octanol–water partition coefficient (Wildman–Crippen LogP) is 3.32. The average molecular weight is 469 g/mol. The molecule has 0 aliphatic heterocycles. The van der Waals surface area contributed by atoms with E-state index in [1.807, 2.05) is 32.9 Å². The van der Waals surface area contributed by atoms with Crippen molar-refractivity contribution in [2.75, 3.05) is 0 Å². The lowest BCUT2D eigenvalue weighted by atomic mass is 9.63. The number of amides is 2. The Balaban J connectivity index is 1.72. The SMILES string of the molecule is CC12CCC(C(=O)NNC(=O)c3ccc(Cl)cc3Cl)(c3nc(C#N)c(C#N)nc31)C2(C)C. The van der Waals surface area contributed by atoms with Gasteiger partial charge in [-0.1, -0.05) is 44.0 Å². The lowest BCUT2D eigenvalue weighted by Crippen LogP contribution is -2.55. The number of carbonyl (C=O) groups is 2. The number of fused-ring (bicyclic) bond motifs is 5. The van der Waals surface area contributed by atoms with Crippen molar-refractivity contribution in [2.24, 2.45) is 5.41 Å². The average Bonchev–Trinajstić information content (AvgIpc) is 3.05. The van der Waals surface area contributed by atoms with Crippen LogP contribution < -0.4 is 10.9 Å². The molecule has 0 spiro atoms. The largest absolute Gasteiger partial charge is 0.272 e. The highest BCUT2D eigenvalue weighted by molar-refractivity contribution is 6.36. The van der Waals surface area contributed by atoms with Crippen molar-refractivity contribution >= 4 is 35.0 Å². The second-order valence-corrected chi connectivity index (χ2v) is 9.58. The fourth-order valence-electron chi connectivity index (χ4n) is 5.10. The molecule has 1 aromatic carbocycles. The highest BCUT2D eigenvalue weighted by Gasteiger charge is 2.73. The number of hydrogen-bond donors (Lipinski definition) is 2. The van der Waals surface area contributed by atoms with E-state index in [0.717, 1.165) is 0 Å². The van der Waals surface area contributed by atoms with Gasteiger partial charge in [0.05, 0.1) is 22.0 Å². The number of nitrogens with zero attached hydrogens (tertiary/aromatic N) is 4. The summed E-state index contributed by atoms with van der Waals surface area (Å²) in [6, 6.07) is 8.22. The fraction of sp³-hybridized carbons (Fsp3) is 0.364. The summed E-state index contributed by atoms with van der Waals surface area (Å²) in [4.78, 5) is 35.0. The third-order valence-electron chi connectivity index (χ3n) is 7.33. The van der Waals surface area contributed by atoms with E-state index in [0.29, 0.717) is 29.3 Å². The van der Waals surface area contributed by atoms with E-state index < -0.39 is 28.1 Å². The number of nitriles is 2. The van der Waals surface area contributed by atoms with Gasteiger partial charge in [0.1, 0.15) is 17.6 Å². The highest BCUT2D eigenvalue weighted by Crippen LogP contribution is 2.70. The number of benzene rings is 1. The van der Waals surface area contributed by atoms with Crippen LogP contribution >= 0.6 is 23.2 Å². The van der Waals surface area contributed by atoms with E-state index in [9.17, 15) is 20.1 Å². The normalized spacial score (nSPS) is 24.2. The monoisotopic (exact) mass is 468 g/mol. The molecule has 2 N–H and O–H groups in total. The molecule has 4 rings (SSSR count). The fourth-order valence-corrected chi connectivity index (χ4v) is 5.60. The summed E-state index contributed by atoms with van der Waals surface area (Å²) in [7, 11) is 0. The summed E-state index contributed by atoms with van der Waals surface area (Å²) in [5.74, 6) is -1.07. The van der Waals surface area contributed by atoms with Gasteiger partial charge in [-0.15, -0.1) is 0 Å². The number of carbonyl (C=O) groups excluding carboxylic acids is 2. The summed E-state index contributed by atoms with van der Waals surface area (Å²) < 4.78 is 0. The van der Waals surface area contributed by atoms with Crippen LogP contribution in [-0.4, -0.2) is 21.8 Å². The van der Waals surface area contributed by atoms with Crippen LogP contribution in [0.2, 0.25) is 10.0 Å². The molecule has 32 heavy (non-hydrogen) atoms. The van der Waals surface area contributed by atoms with Gasteiger partial charge in [0.2, 0.25) is 0 Å². The van der Waals surface area contributed by atoms with Crippen molar-refractivity contribution in [1.29, 1.82) is 10.5 Å². The molecule has 1 saturated carbocycles. The number of hydrazine groups is 1. The van der Waals surface area contributed by atoms with E-state index in [2.05, 4.69) is 20.8 Å². The Bertz CT molecular complexity index is 1280. The van der Waals surface area contributed by atoms with Gasteiger partial charge in [0.25, 0.3) is 11.8 Å². The minimum Gasteiger partial charge on any atom is -0.272 e. The van der Waals surface area contributed by atoms with Gasteiger partial charge in [-0.2, -0.15) is 10.5 Å². The maximum Gasteiger partial charge on any atom is 0.271 e. The Kier molecular flexibility index (Phi) is 4.93. The molecule has 2 aliphatic carbocycles. The zero-order valence-electron chi connectivity index (χ0n) is 17.5. The van der Waals surface area contributed by atoms with Crippen LogP contribution in [0.25, 0.3) is 0 Å². The molecule has 162 valence electrons. The Morgan fingerprint density at radius 1 is 1.00 bits per heavy atom. The van der Waals surface area contributed by atoms with Gasteiger partial charge in [0, 0.05) is 10.4 Å². The molecular weight excluding hydrogens is 451 g/mol. The van der Waals surface area contributed by atoms with Crippen molar-refractivity contribution in [3.05, 3.63) is 56.6 Å². The summed E-state index contributed by atoms with van der Waals surface area (Å²) in [6.45, 7) is 5.87. The highest BCUT2D eigenvalue weighted by atomic mass is 35.5. The first kappa shape index (κ1) is 22.0. The van der Waals surface area contributed by atoms with Crippen LogP contribution in [-0.2, 0) is 15.6 Å². The van der Waals surface area contributed by atoms with E-state index in [1.165, 1.54) is 18.2 Å². The van der Waals surface area contributed by atoms with Gasteiger partial charge in [-0.05, 0) is 36.5 Å². The minimum atomic E-state index is -1.14. The van der Waals surface area contributed by atoms with Crippen LogP contribution in [0.15, 0.2) is 18.2 Å². The molecule has 2 unspecified atom stereocenters. The maximum absolute atomic E-state index is 13.6. The topological polar surface area (TPSA) is 132 Å². The third kappa shape index (κ3) is 2.67. The van der Waals surface area contributed by atoms with Crippen molar-refractivity contribution in [3.8, 4) is 12.1 Å². The van der Waals surface area contributed by atoms with Crippen molar-refractivity contribution < 1.29 is 9.59 Å². The molecule has 2 amide bonds. The Hall–Kier alpha value is -3.20. The molecule has 0 saturated heterocycles. The molecule has 2 bridgehead atoms. The molecule has 1 aromatic heterocycles. The molecule has 1 heterocycles. The number of rotatable bonds is 2. The predicted molar refractivity (Wildman–Crippen MR) is 116 cm³/mol. The molecular formula is C22H18Cl2N6O2. The third-order valence-corrected chi connectivity index (χ3v) is 7.88. The summed E-state index contributed by atoms with van der Waals surface area (Å²) in [6.07, 6.45) is 1.10. The van der Waals surface area contributed by atoms with Crippen molar-refractivity contribution in [3.63, 3.8) is 0 Å².